The Bertz CT molecular complexity index is 874. The van der Waals surface area contributed by atoms with E-state index in [4.69, 9.17) is 5.73 Å². The first-order valence-corrected chi connectivity index (χ1v) is 8.60. The molecule has 25 heavy (non-hydrogen) atoms. The van der Waals surface area contributed by atoms with Gasteiger partial charge in [0.15, 0.2) is 5.65 Å². The van der Waals surface area contributed by atoms with Gasteiger partial charge in [-0.3, -0.25) is 9.58 Å². The summed E-state index contributed by atoms with van der Waals surface area (Å²) in [7, 11) is 1.86. The molecule has 0 radical (unpaired) electrons. The summed E-state index contributed by atoms with van der Waals surface area (Å²) in [6.45, 7) is 4.19. The number of rotatable bonds is 4. The van der Waals surface area contributed by atoms with E-state index in [0.29, 0.717) is 23.8 Å². The van der Waals surface area contributed by atoms with E-state index in [1.807, 2.05) is 7.05 Å². The van der Waals surface area contributed by atoms with Crippen LogP contribution in [0.3, 0.4) is 0 Å². The van der Waals surface area contributed by atoms with E-state index in [0.717, 1.165) is 30.5 Å². The maximum absolute atomic E-state index is 6.05. The Hall–Kier alpha value is -2.67. The number of likely N-dealkylation sites (tertiary alicyclic amines) is 1. The summed E-state index contributed by atoms with van der Waals surface area (Å²) < 4.78 is 1.72. The number of benzene rings is 1. The Balaban J connectivity index is 1.47. The number of aromatic nitrogens is 4. The molecule has 4 rings (SSSR count). The van der Waals surface area contributed by atoms with Crippen molar-refractivity contribution in [2.75, 3.05) is 17.6 Å². The summed E-state index contributed by atoms with van der Waals surface area (Å²) in [5.74, 6) is 1.04. The lowest BCUT2D eigenvalue weighted by molar-refractivity contribution is 0.259. The van der Waals surface area contributed by atoms with Gasteiger partial charge in [-0.2, -0.15) is 15.1 Å². The zero-order chi connectivity index (χ0) is 17.4. The van der Waals surface area contributed by atoms with Crippen molar-refractivity contribution in [3.05, 3.63) is 42.1 Å². The molecule has 0 bridgehead atoms. The van der Waals surface area contributed by atoms with E-state index >= 15 is 0 Å². The largest absolute Gasteiger partial charge is 0.383 e. The molecule has 1 aromatic carbocycles. The predicted octanol–water partition coefficient (Wildman–Crippen LogP) is 2.02. The van der Waals surface area contributed by atoms with E-state index in [9.17, 15) is 0 Å². The fourth-order valence-corrected chi connectivity index (χ4v) is 3.53. The lowest BCUT2D eigenvalue weighted by Gasteiger charge is -2.20. The van der Waals surface area contributed by atoms with Crippen molar-refractivity contribution >= 4 is 22.8 Å². The van der Waals surface area contributed by atoms with Crippen molar-refractivity contribution in [1.29, 1.82) is 0 Å². The Morgan fingerprint density at radius 2 is 2.04 bits per heavy atom. The van der Waals surface area contributed by atoms with Gasteiger partial charge in [0.1, 0.15) is 5.82 Å². The summed E-state index contributed by atoms with van der Waals surface area (Å²) in [6, 6.07) is 11.4. The van der Waals surface area contributed by atoms with Gasteiger partial charge in [0, 0.05) is 32.2 Å². The van der Waals surface area contributed by atoms with Gasteiger partial charge in [0.25, 0.3) is 0 Å². The first kappa shape index (κ1) is 15.8. The van der Waals surface area contributed by atoms with Gasteiger partial charge in [-0.05, 0) is 18.9 Å². The maximum atomic E-state index is 6.05. The number of nitrogens with two attached hydrogens (primary N) is 1. The van der Waals surface area contributed by atoms with Crippen LogP contribution in [0.15, 0.2) is 36.5 Å². The van der Waals surface area contributed by atoms with E-state index in [1.54, 1.807) is 10.9 Å². The van der Waals surface area contributed by atoms with Crippen molar-refractivity contribution in [3.8, 4) is 0 Å². The van der Waals surface area contributed by atoms with Crippen LogP contribution in [-0.2, 0) is 13.6 Å². The molecule has 2 unspecified atom stereocenters. The summed E-state index contributed by atoms with van der Waals surface area (Å²) in [4.78, 5) is 11.5. The monoisotopic (exact) mass is 337 g/mol. The Morgan fingerprint density at radius 1 is 1.24 bits per heavy atom. The third-order valence-electron chi connectivity index (χ3n) is 4.89. The van der Waals surface area contributed by atoms with Crippen LogP contribution in [0.2, 0.25) is 0 Å². The summed E-state index contributed by atoms with van der Waals surface area (Å²) in [5.41, 5.74) is 8.14. The third-order valence-corrected chi connectivity index (χ3v) is 4.89. The lowest BCUT2D eigenvalue weighted by Crippen LogP contribution is -2.29. The van der Waals surface area contributed by atoms with Crippen LogP contribution in [0.4, 0.5) is 11.8 Å². The van der Waals surface area contributed by atoms with Crippen molar-refractivity contribution < 1.29 is 0 Å². The lowest BCUT2D eigenvalue weighted by atomic mass is 10.2. The molecular formula is C18H23N7. The van der Waals surface area contributed by atoms with Gasteiger partial charge in [0.2, 0.25) is 5.95 Å². The molecule has 1 saturated heterocycles. The fraction of sp³-hybridized carbons (Fsp3) is 0.389. The normalized spacial score (nSPS) is 21.0. The molecule has 3 heterocycles. The number of aryl methyl sites for hydroxylation is 1. The molecule has 2 aromatic heterocycles. The number of nitrogens with one attached hydrogen (secondary N) is 1. The number of fused-ring (bicyclic) bond motifs is 1. The minimum Gasteiger partial charge on any atom is -0.383 e. The van der Waals surface area contributed by atoms with Crippen LogP contribution in [0.5, 0.6) is 0 Å². The molecule has 1 aliphatic rings. The molecule has 0 amide bonds. The minimum atomic E-state index is 0.309. The Morgan fingerprint density at radius 3 is 2.84 bits per heavy atom. The SMILES string of the molecule is CC1CC(Nc2nc(N)c3cnn(C)c3n2)CN1Cc1ccccc1. The first-order valence-electron chi connectivity index (χ1n) is 8.60. The summed E-state index contributed by atoms with van der Waals surface area (Å²) >= 11 is 0. The van der Waals surface area contributed by atoms with Gasteiger partial charge in [-0.1, -0.05) is 30.3 Å². The molecule has 7 heteroatoms. The molecule has 7 nitrogen and oxygen atoms in total. The average molecular weight is 337 g/mol. The molecule has 2 atom stereocenters. The standard InChI is InChI=1S/C18H23N7/c1-12-8-14(11-25(12)10-13-6-4-3-5-7-13)21-18-22-16(19)15-9-20-24(2)17(15)23-18/h3-7,9,12,14H,8,10-11H2,1-2H3,(H3,19,21,22,23). The zero-order valence-electron chi connectivity index (χ0n) is 14.6. The third kappa shape index (κ3) is 3.15. The van der Waals surface area contributed by atoms with Gasteiger partial charge in [-0.25, -0.2) is 0 Å². The van der Waals surface area contributed by atoms with Crippen LogP contribution in [0.25, 0.3) is 11.0 Å². The second kappa shape index (κ2) is 6.33. The summed E-state index contributed by atoms with van der Waals surface area (Å²) in [5, 5.41) is 8.44. The van der Waals surface area contributed by atoms with E-state index in [1.165, 1.54) is 5.56 Å². The van der Waals surface area contributed by atoms with Gasteiger partial charge >= 0.3 is 0 Å². The number of hydrogen-bond donors (Lipinski definition) is 2. The van der Waals surface area contributed by atoms with E-state index < -0.39 is 0 Å². The number of anilines is 2. The first-order chi connectivity index (χ1) is 12.1. The molecule has 3 N–H and O–H groups in total. The molecule has 3 aromatic rings. The van der Waals surface area contributed by atoms with Crippen molar-refractivity contribution in [2.24, 2.45) is 7.05 Å². The quantitative estimate of drug-likeness (QED) is 0.758. The van der Waals surface area contributed by atoms with Crippen LogP contribution in [0.1, 0.15) is 18.9 Å². The molecule has 0 saturated carbocycles. The van der Waals surface area contributed by atoms with Gasteiger partial charge < -0.3 is 11.1 Å². The van der Waals surface area contributed by atoms with Crippen LogP contribution in [0, 0.1) is 0 Å². The predicted molar refractivity (Wildman–Crippen MR) is 99.1 cm³/mol. The second-order valence-corrected chi connectivity index (χ2v) is 6.78. The smallest absolute Gasteiger partial charge is 0.226 e. The van der Waals surface area contributed by atoms with Crippen LogP contribution >= 0.6 is 0 Å². The topological polar surface area (TPSA) is 84.9 Å². The van der Waals surface area contributed by atoms with Crippen LogP contribution < -0.4 is 11.1 Å². The van der Waals surface area contributed by atoms with Gasteiger partial charge in [-0.15, -0.1) is 0 Å². The molecule has 0 spiro atoms. The molecule has 130 valence electrons. The molecular weight excluding hydrogens is 314 g/mol. The van der Waals surface area contributed by atoms with Crippen molar-refractivity contribution in [1.82, 2.24) is 24.6 Å². The van der Waals surface area contributed by atoms with Crippen molar-refractivity contribution in [2.45, 2.75) is 32.0 Å². The van der Waals surface area contributed by atoms with Crippen LogP contribution in [-0.4, -0.2) is 43.3 Å². The Labute approximate surface area is 146 Å². The second-order valence-electron chi connectivity index (χ2n) is 6.78. The number of nitrogens with zero attached hydrogens (tertiary/aromatic N) is 5. The van der Waals surface area contributed by atoms with Gasteiger partial charge in [0.05, 0.1) is 11.6 Å². The van der Waals surface area contributed by atoms with Crippen molar-refractivity contribution in [3.63, 3.8) is 0 Å². The average Bonchev–Trinajstić information content (AvgIpc) is 3.12. The summed E-state index contributed by atoms with van der Waals surface area (Å²) in [6.07, 6.45) is 2.76. The number of hydrogen-bond acceptors (Lipinski definition) is 6. The zero-order valence-corrected chi connectivity index (χ0v) is 14.6. The highest BCUT2D eigenvalue weighted by Crippen LogP contribution is 2.24. The molecule has 1 aliphatic heterocycles. The number of nitrogen functional groups attached to an aromatic ring is 1. The highest BCUT2D eigenvalue weighted by atomic mass is 15.3. The molecule has 0 aliphatic carbocycles. The highest BCUT2D eigenvalue weighted by molar-refractivity contribution is 5.86. The van der Waals surface area contributed by atoms with E-state index in [2.05, 4.69) is 62.5 Å². The highest BCUT2D eigenvalue weighted by Gasteiger charge is 2.29. The van der Waals surface area contributed by atoms with E-state index in [-0.39, 0.29) is 0 Å². The maximum Gasteiger partial charge on any atom is 0.226 e. The fourth-order valence-electron chi connectivity index (χ4n) is 3.53. The molecule has 1 fully saturated rings. The minimum absolute atomic E-state index is 0.309. The Kier molecular flexibility index (Phi) is 4.01.